The molecule has 0 spiro atoms. The van der Waals surface area contributed by atoms with Crippen molar-refractivity contribution in [2.45, 2.75) is 43.9 Å². The summed E-state index contributed by atoms with van der Waals surface area (Å²) in [7, 11) is 0. The van der Waals surface area contributed by atoms with Crippen LogP contribution in [-0.2, 0) is 14.2 Å². The monoisotopic (exact) mass is 451 g/mol. The van der Waals surface area contributed by atoms with E-state index in [0.717, 1.165) is 16.5 Å². The molecule has 5 rings (SSSR count). The van der Waals surface area contributed by atoms with Crippen LogP contribution in [0.2, 0.25) is 0 Å². The van der Waals surface area contributed by atoms with Gasteiger partial charge in [-0.3, -0.25) is 0 Å². The number of azide groups is 1. The highest BCUT2D eigenvalue weighted by Gasteiger charge is 2.50. The summed E-state index contributed by atoms with van der Waals surface area (Å²) in [5.41, 5.74) is 10.5. The van der Waals surface area contributed by atoms with Gasteiger partial charge in [0, 0.05) is 28.0 Å². The molecule has 2 aromatic carbocycles. The minimum absolute atomic E-state index is 0.149. The molecule has 1 N–H and O–H groups in total. The Labute approximate surface area is 187 Å². The summed E-state index contributed by atoms with van der Waals surface area (Å²) in [6.45, 7) is 1.96. The second-order valence-corrected chi connectivity index (χ2v) is 7.93. The maximum atomic E-state index is 11.7. The van der Waals surface area contributed by atoms with Crippen LogP contribution in [0.25, 0.3) is 21.4 Å². The fourth-order valence-electron chi connectivity index (χ4n) is 4.15. The number of fused-ring (bicyclic) bond motifs is 2. The van der Waals surface area contributed by atoms with Gasteiger partial charge in [0.1, 0.15) is 29.6 Å². The Balaban J connectivity index is 1.39. The molecule has 2 saturated heterocycles. The summed E-state index contributed by atoms with van der Waals surface area (Å²) in [4.78, 5) is 14.6. The van der Waals surface area contributed by atoms with Gasteiger partial charge in [-0.15, -0.1) is 0 Å². The first-order valence-corrected chi connectivity index (χ1v) is 10.4. The predicted octanol–water partition coefficient (Wildman–Crippen LogP) is 3.36. The maximum absolute atomic E-state index is 11.7. The first-order valence-electron chi connectivity index (χ1n) is 10.4. The lowest BCUT2D eigenvalue weighted by Crippen LogP contribution is -2.62. The summed E-state index contributed by atoms with van der Waals surface area (Å²) < 4.78 is 28.9. The lowest BCUT2D eigenvalue weighted by atomic mass is 9.96. The Kier molecular flexibility index (Phi) is 5.76. The summed E-state index contributed by atoms with van der Waals surface area (Å²) in [6.07, 6.45) is -4.40. The molecule has 0 radical (unpaired) electrons. The van der Waals surface area contributed by atoms with E-state index >= 15 is 0 Å². The fraction of sp³-hybridized carbons (Fsp3) is 0.348. The third kappa shape index (κ3) is 4.18. The molecule has 0 saturated carbocycles. The summed E-state index contributed by atoms with van der Waals surface area (Å²) >= 11 is 0. The molecular weight excluding hydrogens is 430 g/mol. The second kappa shape index (κ2) is 8.86. The van der Waals surface area contributed by atoms with Gasteiger partial charge < -0.3 is 28.5 Å². The van der Waals surface area contributed by atoms with Crippen LogP contribution >= 0.6 is 0 Å². The molecule has 1 aromatic heterocycles. The van der Waals surface area contributed by atoms with Gasteiger partial charge in [-0.25, -0.2) is 4.79 Å². The molecule has 2 fully saturated rings. The highest BCUT2D eigenvalue weighted by Crippen LogP contribution is 2.36. The smallest absolute Gasteiger partial charge is 0.336 e. The van der Waals surface area contributed by atoms with Crippen molar-refractivity contribution in [2.24, 2.45) is 5.11 Å². The van der Waals surface area contributed by atoms with Crippen LogP contribution in [0.1, 0.15) is 17.4 Å². The third-order valence-corrected chi connectivity index (χ3v) is 5.77. The minimum atomic E-state index is -1.19. The number of nitrogens with zero attached hydrogens (tertiary/aromatic N) is 3. The molecule has 3 heterocycles. The minimum Gasteiger partial charge on any atom is -0.464 e. The summed E-state index contributed by atoms with van der Waals surface area (Å²) in [5, 5.41) is 15.5. The molecule has 2 aliphatic heterocycles. The largest absolute Gasteiger partial charge is 0.464 e. The van der Waals surface area contributed by atoms with E-state index in [1.807, 2.05) is 37.3 Å². The Bertz CT molecular complexity index is 1260. The number of aliphatic hydroxyl groups is 1. The number of hydrogen-bond acceptors (Lipinski definition) is 8. The van der Waals surface area contributed by atoms with Crippen LogP contribution in [0.3, 0.4) is 0 Å². The first kappa shape index (κ1) is 21.4. The van der Waals surface area contributed by atoms with Gasteiger partial charge in [-0.1, -0.05) is 35.4 Å². The predicted molar refractivity (Wildman–Crippen MR) is 115 cm³/mol. The zero-order valence-corrected chi connectivity index (χ0v) is 17.6. The molecular formula is C23H21N3O7. The lowest BCUT2D eigenvalue weighted by Gasteiger charge is -2.46. The van der Waals surface area contributed by atoms with E-state index < -0.39 is 42.6 Å². The van der Waals surface area contributed by atoms with Crippen molar-refractivity contribution in [3.8, 4) is 5.75 Å². The summed E-state index contributed by atoms with van der Waals surface area (Å²) in [5.74, 6) is 0.324. The molecule has 0 bridgehead atoms. The fourth-order valence-corrected chi connectivity index (χ4v) is 4.15. The Morgan fingerprint density at radius 3 is 2.76 bits per heavy atom. The van der Waals surface area contributed by atoms with Crippen molar-refractivity contribution in [3.63, 3.8) is 0 Å². The normalized spacial score (nSPS) is 29.2. The van der Waals surface area contributed by atoms with Gasteiger partial charge in [0.15, 0.2) is 6.29 Å². The van der Waals surface area contributed by atoms with Crippen LogP contribution < -0.4 is 10.4 Å². The number of aliphatic hydroxyl groups excluding tert-OH is 1. The SMILES string of the molecule is Cc1cc(=O)oc2cc(O[C@H]3OC4COC(c5ccccc5)O[C@@H]4C(O)C3N=[N+]=[N-])ccc12. The molecule has 10 nitrogen and oxygen atoms in total. The highest BCUT2D eigenvalue weighted by molar-refractivity contribution is 5.81. The van der Waals surface area contributed by atoms with Gasteiger partial charge in [0.25, 0.3) is 0 Å². The van der Waals surface area contributed by atoms with Gasteiger partial charge in [0.05, 0.1) is 12.7 Å². The van der Waals surface area contributed by atoms with E-state index in [4.69, 9.17) is 28.9 Å². The van der Waals surface area contributed by atoms with Crippen LogP contribution in [0.4, 0.5) is 0 Å². The first-order chi connectivity index (χ1) is 16.0. The van der Waals surface area contributed by atoms with E-state index in [1.54, 1.807) is 18.2 Å². The van der Waals surface area contributed by atoms with Crippen molar-refractivity contribution in [3.05, 3.63) is 86.6 Å². The maximum Gasteiger partial charge on any atom is 0.336 e. The number of benzene rings is 2. The number of hydrogen-bond donors (Lipinski definition) is 1. The molecule has 6 atom stereocenters. The average Bonchev–Trinajstić information content (AvgIpc) is 2.81. The van der Waals surface area contributed by atoms with Crippen LogP contribution in [0, 0.1) is 6.92 Å². The van der Waals surface area contributed by atoms with Crippen LogP contribution in [-0.4, -0.2) is 42.4 Å². The summed E-state index contributed by atoms with van der Waals surface area (Å²) in [6, 6.07) is 14.6. The molecule has 0 aliphatic carbocycles. The van der Waals surface area contributed by atoms with Crippen molar-refractivity contribution in [1.82, 2.24) is 0 Å². The van der Waals surface area contributed by atoms with E-state index in [-0.39, 0.29) is 6.61 Å². The number of ether oxygens (including phenoxy) is 4. The molecule has 2 aliphatic rings. The molecule has 170 valence electrons. The zero-order valence-electron chi connectivity index (χ0n) is 17.6. The van der Waals surface area contributed by atoms with Gasteiger partial charge >= 0.3 is 5.63 Å². The highest BCUT2D eigenvalue weighted by atomic mass is 16.7. The van der Waals surface area contributed by atoms with Crippen molar-refractivity contribution in [1.29, 1.82) is 0 Å². The number of aryl methyl sites for hydroxylation is 1. The third-order valence-electron chi connectivity index (χ3n) is 5.77. The van der Waals surface area contributed by atoms with E-state index in [1.165, 1.54) is 6.07 Å². The Morgan fingerprint density at radius 2 is 1.97 bits per heavy atom. The van der Waals surface area contributed by atoms with E-state index in [9.17, 15) is 9.90 Å². The standard InChI is InChI=1S/C23H21N3O7/c1-12-9-18(27)31-16-10-14(7-8-15(12)16)30-23-19(25-26-24)20(28)21-17(32-23)11-29-22(33-21)13-5-3-2-4-6-13/h2-10,17,19-23,28H,11H2,1H3/t17?,19?,20?,21-,22?,23-/m0/s1. The number of rotatable bonds is 4. The lowest BCUT2D eigenvalue weighted by molar-refractivity contribution is -0.331. The van der Waals surface area contributed by atoms with Crippen molar-refractivity contribution >= 4 is 11.0 Å². The second-order valence-electron chi connectivity index (χ2n) is 7.93. The molecule has 33 heavy (non-hydrogen) atoms. The van der Waals surface area contributed by atoms with Gasteiger partial charge in [-0.2, -0.15) is 0 Å². The van der Waals surface area contributed by atoms with Gasteiger partial charge in [0.2, 0.25) is 6.29 Å². The Hall–Kier alpha value is -3.40. The quantitative estimate of drug-likeness (QED) is 0.278. The van der Waals surface area contributed by atoms with E-state index in [0.29, 0.717) is 11.3 Å². The van der Waals surface area contributed by atoms with Crippen LogP contribution in [0.15, 0.2) is 68.9 Å². The van der Waals surface area contributed by atoms with Crippen molar-refractivity contribution in [2.75, 3.05) is 6.61 Å². The molecule has 0 amide bonds. The average molecular weight is 451 g/mol. The Morgan fingerprint density at radius 1 is 1.15 bits per heavy atom. The molecule has 10 heteroatoms. The van der Waals surface area contributed by atoms with E-state index in [2.05, 4.69) is 10.0 Å². The molecule has 4 unspecified atom stereocenters. The van der Waals surface area contributed by atoms with Crippen molar-refractivity contribution < 1.29 is 28.5 Å². The zero-order chi connectivity index (χ0) is 22.9. The molecule has 3 aromatic rings. The van der Waals surface area contributed by atoms with Crippen LogP contribution in [0.5, 0.6) is 5.75 Å². The van der Waals surface area contributed by atoms with Gasteiger partial charge in [-0.05, 0) is 30.2 Å². The topological polar surface area (TPSA) is 136 Å².